The molecular formula is C14H22ClN3O. The third-order valence-corrected chi connectivity index (χ3v) is 3.62. The summed E-state index contributed by atoms with van der Waals surface area (Å²) in [4.78, 5) is 2.27. The molecule has 1 atom stereocenters. The van der Waals surface area contributed by atoms with Gasteiger partial charge in [-0.3, -0.25) is 0 Å². The van der Waals surface area contributed by atoms with Crippen molar-refractivity contribution in [3.63, 3.8) is 0 Å². The second-order valence-corrected chi connectivity index (χ2v) is 5.11. The number of nitrogens with zero attached hydrogens (tertiary/aromatic N) is 2. The van der Waals surface area contributed by atoms with Gasteiger partial charge in [-0.15, -0.1) is 0 Å². The minimum absolute atomic E-state index is 0.0292. The third-order valence-electron chi connectivity index (χ3n) is 3.31. The van der Waals surface area contributed by atoms with E-state index in [0.717, 1.165) is 25.2 Å². The Kier molecular flexibility index (Phi) is 5.96. The zero-order chi connectivity index (χ0) is 14.4. The number of amidine groups is 1. The molecule has 0 aliphatic carbocycles. The molecule has 0 fully saturated rings. The van der Waals surface area contributed by atoms with E-state index in [1.807, 2.05) is 12.1 Å². The Morgan fingerprint density at radius 1 is 1.47 bits per heavy atom. The Hall–Kier alpha value is -1.42. The zero-order valence-corrected chi connectivity index (χ0v) is 12.5. The molecule has 5 heteroatoms. The molecule has 0 amide bonds. The summed E-state index contributed by atoms with van der Waals surface area (Å²) in [6, 6.07) is 5.60. The van der Waals surface area contributed by atoms with Crippen LogP contribution in [0, 0.1) is 5.92 Å². The summed E-state index contributed by atoms with van der Waals surface area (Å²) in [5.41, 5.74) is 7.16. The highest BCUT2D eigenvalue weighted by atomic mass is 35.5. The second-order valence-electron chi connectivity index (χ2n) is 4.70. The van der Waals surface area contributed by atoms with Gasteiger partial charge in [-0.2, -0.15) is 0 Å². The summed E-state index contributed by atoms with van der Waals surface area (Å²) in [7, 11) is 0. The second kappa shape index (κ2) is 7.24. The first-order valence-electron chi connectivity index (χ1n) is 6.55. The van der Waals surface area contributed by atoms with Crippen molar-refractivity contribution >= 4 is 23.1 Å². The number of hydrogen-bond donors (Lipinski definition) is 2. The SMILES string of the molecule is CCC(C)CN(CC)c1ccc(C(N)=NO)c(Cl)c1. The van der Waals surface area contributed by atoms with Gasteiger partial charge in [0.25, 0.3) is 0 Å². The predicted molar refractivity (Wildman–Crippen MR) is 81.3 cm³/mol. The van der Waals surface area contributed by atoms with Crippen molar-refractivity contribution in [2.24, 2.45) is 16.8 Å². The number of nitrogens with two attached hydrogens (primary N) is 1. The highest BCUT2D eigenvalue weighted by Gasteiger charge is 2.12. The van der Waals surface area contributed by atoms with Crippen LogP contribution in [0.1, 0.15) is 32.8 Å². The summed E-state index contributed by atoms with van der Waals surface area (Å²) in [5.74, 6) is 0.656. The van der Waals surface area contributed by atoms with Gasteiger partial charge in [0.2, 0.25) is 0 Å². The largest absolute Gasteiger partial charge is 0.409 e. The lowest BCUT2D eigenvalue weighted by atomic mass is 10.1. The van der Waals surface area contributed by atoms with Gasteiger partial charge >= 0.3 is 0 Å². The van der Waals surface area contributed by atoms with Crippen LogP contribution in [-0.2, 0) is 0 Å². The molecule has 0 aromatic heterocycles. The van der Waals surface area contributed by atoms with Crippen molar-refractivity contribution in [2.45, 2.75) is 27.2 Å². The normalized spacial score (nSPS) is 13.4. The molecule has 0 saturated heterocycles. The molecule has 0 aliphatic heterocycles. The van der Waals surface area contributed by atoms with Crippen LogP contribution < -0.4 is 10.6 Å². The van der Waals surface area contributed by atoms with Crippen LogP contribution in [0.15, 0.2) is 23.4 Å². The Bertz CT molecular complexity index is 448. The molecular weight excluding hydrogens is 262 g/mol. The molecule has 1 rings (SSSR count). The molecule has 1 aromatic carbocycles. The van der Waals surface area contributed by atoms with E-state index >= 15 is 0 Å². The lowest BCUT2D eigenvalue weighted by Crippen LogP contribution is -2.28. The highest BCUT2D eigenvalue weighted by Crippen LogP contribution is 2.24. The average Bonchev–Trinajstić information content (AvgIpc) is 2.43. The average molecular weight is 284 g/mol. The van der Waals surface area contributed by atoms with Gasteiger partial charge in [0.05, 0.1) is 5.02 Å². The van der Waals surface area contributed by atoms with Gasteiger partial charge in [-0.1, -0.05) is 37.0 Å². The van der Waals surface area contributed by atoms with E-state index in [4.69, 9.17) is 22.5 Å². The Morgan fingerprint density at radius 2 is 2.16 bits per heavy atom. The van der Waals surface area contributed by atoms with Crippen LogP contribution >= 0.6 is 11.6 Å². The van der Waals surface area contributed by atoms with Crippen LogP contribution in [0.3, 0.4) is 0 Å². The van der Waals surface area contributed by atoms with E-state index < -0.39 is 0 Å². The quantitative estimate of drug-likeness (QED) is 0.364. The lowest BCUT2D eigenvalue weighted by Gasteiger charge is -2.26. The molecule has 0 spiro atoms. The number of oxime groups is 1. The van der Waals surface area contributed by atoms with E-state index in [2.05, 4.69) is 30.8 Å². The standard InChI is InChI=1S/C14H22ClN3O/c1-4-10(3)9-18(5-2)11-6-7-12(13(15)8-11)14(16)17-19/h6-8,10,19H,4-5,9H2,1-3H3,(H2,16,17). The van der Waals surface area contributed by atoms with Crippen LogP contribution in [0.5, 0.6) is 0 Å². The molecule has 1 aromatic rings. The molecule has 4 nitrogen and oxygen atoms in total. The summed E-state index contributed by atoms with van der Waals surface area (Å²) >= 11 is 6.18. The monoisotopic (exact) mass is 283 g/mol. The molecule has 3 N–H and O–H groups in total. The van der Waals surface area contributed by atoms with E-state index in [-0.39, 0.29) is 5.84 Å². The van der Waals surface area contributed by atoms with Gasteiger partial charge in [-0.25, -0.2) is 0 Å². The van der Waals surface area contributed by atoms with Gasteiger partial charge in [0.1, 0.15) is 0 Å². The summed E-state index contributed by atoms with van der Waals surface area (Å²) < 4.78 is 0. The summed E-state index contributed by atoms with van der Waals surface area (Å²) in [6.45, 7) is 8.45. The van der Waals surface area contributed by atoms with Crippen molar-refractivity contribution in [2.75, 3.05) is 18.0 Å². The number of halogens is 1. The lowest BCUT2D eigenvalue weighted by molar-refractivity contribution is 0.318. The van der Waals surface area contributed by atoms with Gasteiger partial charge in [0.15, 0.2) is 5.84 Å². The van der Waals surface area contributed by atoms with E-state index in [0.29, 0.717) is 16.5 Å². The first-order valence-corrected chi connectivity index (χ1v) is 6.93. The fourth-order valence-corrected chi connectivity index (χ4v) is 2.16. The van der Waals surface area contributed by atoms with Crippen LogP contribution in [0.4, 0.5) is 5.69 Å². The topological polar surface area (TPSA) is 61.8 Å². The van der Waals surface area contributed by atoms with Crippen LogP contribution in [-0.4, -0.2) is 24.1 Å². The summed E-state index contributed by atoms with van der Waals surface area (Å²) in [5, 5.41) is 12.2. The minimum Gasteiger partial charge on any atom is -0.409 e. The fraction of sp³-hybridized carbons (Fsp3) is 0.500. The van der Waals surface area contributed by atoms with Crippen molar-refractivity contribution in [1.82, 2.24) is 0 Å². The predicted octanol–water partition coefficient (Wildman–Crippen LogP) is 3.31. The van der Waals surface area contributed by atoms with Crippen molar-refractivity contribution in [3.8, 4) is 0 Å². The highest BCUT2D eigenvalue weighted by molar-refractivity contribution is 6.34. The minimum atomic E-state index is 0.0292. The van der Waals surface area contributed by atoms with E-state index in [1.54, 1.807) is 6.07 Å². The molecule has 0 bridgehead atoms. The molecule has 0 heterocycles. The smallest absolute Gasteiger partial charge is 0.171 e. The molecule has 0 radical (unpaired) electrons. The maximum absolute atomic E-state index is 8.68. The maximum atomic E-state index is 8.68. The van der Waals surface area contributed by atoms with E-state index in [1.165, 1.54) is 0 Å². The van der Waals surface area contributed by atoms with Crippen molar-refractivity contribution in [3.05, 3.63) is 28.8 Å². The number of rotatable bonds is 6. The molecule has 0 saturated carbocycles. The van der Waals surface area contributed by atoms with Gasteiger partial charge in [0, 0.05) is 24.3 Å². The molecule has 106 valence electrons. The van der Waals surface area contributed by atoms with E-state index in [9.17, 15) is 0 Å². The Labute approximate surface area is 119 Å². The molecule has 19 heavy (non-hydrogen) atoms. The summed E-state index contributed by atoms with van der Waals surface area (Å²) in [6.07, 6.45) is 1.15. The zero-order valence-electron chi connectivity index (χ0n) is 11.7. The first kappa shape index (κ1) is 15.6. The van der Waals surface area contributed by atoms with Crippen molar-refractivity contribution in [1.29, 1.82) is 0 Å². The first-order chi connectivity index (χ1) is 9.03. The number of hydrogen-bond acceptors (Lipinski definition) is 3. The van der Waals surface area contributed by atoms with Crippen LogP contribution in [0.2, 0.25) is 5.02 Å². The van der Waals surface area contributed by atoms with Gasteiger partial charge in [-0.05, 0) is 31.0 Å². The third kappa shape index (κ3) is 4.03. The van der Waals surface area contributed by atoms with Crippen molar-refractivity contribution < 1.29 is 5.21 Å². The fourth-order valence-electron chi connectivity index (χ4n) is 1.88. The Morgan fingerprint density at radius 3 is 2.63 bits per heavy atom. The van der Waals surface area contributed by atoms with Gasteiger partial charge < -0.3 is 15.8 Å². The molecule has 1 unspecified atom stereocenters. The number of benzene rings is 1. The molecule has 0 aliphatic rings. The maximum Gasteiger partial charge on any atom is 0.171 e. The van der Waals surface area contributed by atoms with Crippen LogP contribution in [0.25, 0.3) is 0 Å². The number of anilines is 1. The Balaban J connectivity index is 2.98.